The van der Waals surface area contributed by atoms with Gasteiger partial charge in [0, 0.05) is 37.1 Å². The minimum atomic E-state index is -3.48. The topological polar surface area (TPSA) is 97.9 Å². The van der Waals surface area contributed by atoms with Crippen molar-refractivity contribution in [3.63, 3.8) is 0 Å². The van der Waals surface area contributed by atoms with Crippen molar-refractivity contribution in [2.45, 2.75) is 24.0 Å². The zero-order chi connectivity index (χ0) is 15.0. The minimum absolute atomic E-state index is 0.0909. The predicted octanol–water partition coefficient (Wildman–Crippen LogP) is 1.06. The van der Waals surface area contributed by atoms with E-state index < -0.39 is 9.84 Å². The monoisotopic (exact) mass is 306 g/mol. The molecule has 8 heteroatoms. The fourth-order valence-electron chi connectivity index (χ4n) is 2.57. The van der Waals surface area contributed by atoms with Gasteiger partial charge < -0.3 is 9.30 Å². The van der Waals surface area contributed by atoms with Crippen molar-refractivity contribution < 1.29 is 13.2 Å². The van der Waals surface area contributed by atoms with Crippen LogP contribution in [0, 0.1) is 11.3 Å². The molecule has 0 bridgehead atoms. The zero-order valence-electron chi connectivity index (χ0n) is 11.5. The van der Waals surface area contributed by atoms with Gasteiger partial charge in [-0.25, -0.2) is 13.4 Å². The molecule has 21 heavy (non-hydrogen) atoms. The Morgan fingerprint density at radius 2 is 2.14 bits per heavy atom. The van der Waals surface area contributed by atoms with E-state index in [9.17, 15) is 13.7 Å². The summed E-state index contributed by atoms with van der Waals surface area (Å²) < 4.78 is 30.4. The molecule has 7 nitrogen and oxygen atoms in total. The molecule has 0 amide bonds. The molecule has 2 aromatic rings. The largest absolute Gasteiger partial charge is 0.381 e. The molecule has 1 aliphatic heterocycles. The van der Waals surface area contributed by atoms with Crippen LogP contribution in [0.25, 0.3) is 11.0 Å². The molecular formula is C13H14N4O3S. The van der Waals surface area contributed by atoms with Crippen LogP contribution < -0.4 is 0 Å². The van der Waals surface area contributed by atoms with Crippen molar-refractivity contribution in [2.75, 3.05) is 19.5 Å². The van der Waals surface area contributed by atoms with E-state index in [1.807, 2.05) is 4.57 Å². The van der Waals surface area contributed by atoms with E-state index in [2.05, 4.69) is 16.0 Å². The summed E-state index contributed by atoms with van der Waals surface area (Å²) in [6, 6.07) is 3.93. The first-order valence-electron chi connectivity index (χ1n) is 6.56. The van der Waals surface area contributed by atoms with Crippen molar-refractivity contribution in [3.8, 4) is 6.07 Å². The van der Waals surface area contributed by atoms with E-state index in [1.165, 1.54) is 6.20 Å². The molecule has 0 atom stereocenters. The van der Waals surface area contributed by atoms with E-state index in [0.717, 1.165) is 19.1 Å². The van der Waals surface area contributed by atoms with E-state index in [-0.39, 0.29) is 11.2 Å². The standard InChI is InChI=1S/C13H14N4O3S/c1-21(18,19)13-15-8-9-6-11(7-14)17(12(9)16-13)10-2-4-20-5-3-10/h6,8,10H,2-5H2,1H3. The third-order valence-electron chi connectivity index (χ3n) is 3.56. The van der Waals surface area contributed by atoms with Crippen molar-refractivity contribution in [2.24, 2.45) is 0 Å². The van der Waals surface area contributed by atoms with Crippen LogP contribution in [-0.2, 0) is 14.6 Å². The van der Waals surface area contributed by atoms with Crippen LogP contribution in [0.1, 0.15) is 24.6 Å². The number of hydrogen-bond donors (Lipinski definition) is 0. The van der Waals surface area contributed by atoms with Gasteiger partial charge >= 0.3 is 0 Å². The van der Waals surface area contributed by atoms with Gasteiger partial charge in [0.1, 0.15) is 17.4 Å². The summed E-state index contributed by atoms with van der Waals surface area (Å²) in [6.07, 6.45) is 4.07. The van der Waals surface area contributed by atoms with Crippen molar-refractivity contribution in [1.82, 2.24) is 14.5 Å². The molecule has 0 spiro atoms. The first kappa shape index (κ1) is 14.0. The van der Waals surface area contributed by atoms with E-state index in [4.69, 9.17) is 4.74 Å². The molecule has 0 aromatic carbocycles. The maximum absolute atomic E-state index is 11.6. The Labute approximate surface area is 122 Å². The fraction of sp³-hybridized carbons (Fsp3) is 0.462. The molecule has 0 aliphatic carbocycles. The van der Waals surface area contributed by atoms with Crippen LogP contribution in [-0.4, -0.2) is 42.4 Å². The quantitative estimate of drug-likeness (QED) is 0.769. The van der Waals surface area contributed by atoms with Crippen molar-refractivity contribution in [3.05, 3.63) is 18.0 Å². The summed E-state index contributed by atoms with van der Waals surface area (Å²) in [7, 11) is -3.48. The summed E-state index contributed by atoms with van der Waals surface area (Å²) in [6.45, 7) is 1.25. The number of ether oxygens (including phenoxy) is 1. The van der Waals surface area contributed by atoms with Gasteiger partial charge in [-0.3, -0.25) is 0 Å². The average molecular weight is 306 g/mol. The summed E-state index contributed by atoms with van der Waals surface area (Å²) >= 11 is 0. The Balaban J connectivity index is 2.22. The second-order valence-electron chi connectivity index (χ2n) is 5.06. The van der Waals surface area contributed by atoms with E-state index in [0.29, 0.717) is 29.9 Å². The maximum Gasteiger partial charge on any atom is 0.248 e. The molecule has 0 unspecified atom stereocenters. The van der Waals surface area contributed by atoms with E-state index >= 15 is 0 Å². The minimum Gasteiger partial charge on any atom is -0.381 e. The molecule has 0 radical (unpaired) electrons. The van der Waals surface area contributed by atoms with Crippen LogP contribution >= 0.6 is 0 Å². The van der Waals surface area contributed by atoms with Crippen LogP contribution in [0.5, 0.6) is 0 Å². The summed E-state index contributed by atoms with van der Waals surface area (Å²) in [5.41, 5.74) is 0.964. The highest BCUT2D eigenvalue weighted by Crippen LogP contribution is 2.28. The molecule has 1 aliphatic rings. The highest BCUT2D eigenvalue weighted by Gasteiger charge is 2.23. The van der Waals surface area contributed by atoms with Gasteiger partial charge in [0.2, 0.25) is 15.0 Å². The zero-order valence-corrected chi connectivity index (χ0v) is 12.3. The summed E-state index contributed by atoms with van der Waals surface area (Å²) in [4.78, 5) is 8.03. The summed E-state index contributed by atoms with van der Waals surface area (Å²) in [5, 5.41) is 9.77. The highest BCUT2D eigenvalue weighted by molar-refractivity contribution is 7.90. The van der Waals surface area contributed by atoms with Crippen LogP contribution in [0.3, 0.4) is 0 Å². The molecular weight excluding hydrogens is 292 g/mol. The third-order valence-corrected chi connectivity index (χ3v) is 4.42. The van der Waals surface area contributed by atoms with Gasteiger partial charge in [-0.2, -0.15) is 10.2 Å². The van der Waals surface area contributed by atoms with Gasteiger partial charge in [-0.15, -0.1) is 0 Å². The molecule has 110 valence electrons. The Kier molecular flexibility index (Phi) is 3.39. The van der Waals surface area contributed by atoms with Crippen molar-refractivity contribution in [1.29, 1.82) is 5.26 Å². The highest BCUT2D eigenvalue weighted by atomic mass is 32.2. The lowest BCUT2D eigenvalue weighted by Gasteiger charge is -2.24. The lowest BCUT2D eigenvalue weighted by Crippen LogP contribution is -2.21. The normalized spacial score (nSPS) is 17.0. The summed E-state index contributed by atoms with van der Waals surface area (Å²) in [5.74, 6) is 0. The number of hydrogen-bond acceptors (Lipinski definition) is 6. The number of sulfone groups is 1. The van der Waals surface area contributed by atoms with Crippen LogP contribution in [0.2, 0.25) is 0 Å². The Hall–Kier alpha value is -1.98. The number of rotatable bonds is 2. The molecule has 1 fully saturated rings. The Morgan fingerprint density at radius 3 is 2.76 bits per heavy atom. The Bertz CT molecular complexity index is 829. The van der Waals surface area contributed by atoms with Crippen molar-refractivity contribution >= 4 is 20.9 Å². The first-order chi connectivity index (χ1) is 10.0. The first-order valence-corrected chi connectivity index (χ1v) is 8.46. The lowest BCUT2D eigenvalue weighted by atomic mass is 10.1. The van der Waals surface area contributed by atoms with Gasteiger partial charge in [0.05, 0.1) is 0 Å². The lowest BCUT2D eigenvalue weighted by molar-refractivity contribution is 0.0704. The average Bonchev–Trinajstić information content (AvgIpc) is 2.84. The van der Waals surface area contributed by atoms with Gasteiger partial charge in [0.25, 0.3) is 0 Å². The molecule has 1 saturated heterocycles. The maximum atomic E-state index is 11.6. The molecule has 3 rings (SSSR count). The molecule has 3 heterocycles. The van der Waals surface area contributed by atoms with Crippen LogP contribution in [0.15, 0.2) is 17.4 Å². The fourth-order valence-corrected chi connectivity index (χ4v) is 3.07. The number of fused-ring (bicyclic) bond motifs is 1. The third kappa shape index (κ3) is 2.50. The second-order valence-corrected chi connectivity index (χ2v) is 6.97. The van der Waals surface area contributed by atoms with E-state index in [1.54, 1.807) is 6.07 Å². The smallest absolute Gasteiger partial charge is 0.248 e. The van der Waals surface area contributed by atoms with Crippen LogP contribution in [0.4, 0.5) is 0 Å². The molecule has 0 saturated carbocycles. The van der Waals surface area contributed by atoms with Gasteiger partial charge in [0.15, 0.2) is 0 Å². The van der Waals surface area contributed by atoms with Gasteiger partial charge in [-0.05, 0) is 18.9 Å². The second kappa shape index (κ2) is 5.09. The number of nitriles is 1. The van der Waals surface area contributed by atoms with Gasteiger partial charge in [-0.1, -0.05) is 0 Å². The number of aromatic nitrogens is 3. The molecule has 0 N–H and O–H groups in total. The number of nitrogens with zero attached hydrogens (tertiary/aromatic N) is 4. The predicted molar refractivity (Wildman–Crippen MR) is 74.4 cm³/mol. The molecule has 2 aromatic heterocycles. The SMILES string of the molecule is CS(=O)(=O)c1ncc2cc(C#N)n(C3CCOCC3)c2n1. The Morgan fingerprint density at radius 1 is 1.43 bits per heavy atom.